The van der Waals surface area contributed by atoms with Gasteiger partial charge >= 0.3 is 0 Å². The fraction of sp³-hybridized carbons (Fsp3) is 0.294. The van der Waals surface area contributed by atoms with Crippen LogP contribution in [0.5, 0.6) is 0 Å². The van der Waals surface area contributed by atoms with Crippen molar-refractivity contribution in [2.45, 2.75) is 18.9 Å². The number of benzene rings is 1. The van der Waals surface area contributed by atoms with Gasteiger partial charge in [0, 0.05) is 38.2 Å². The zero-order valence-corrected chi connectivity index (χ0v) is 12.1. The Morgan fingerprint density at radius 2 is 2.19 bits per heavy atom. The summed E-state index contributed by atoms with van der Waals surface area (Å²) >= 11 is 0. The van der Waals surface area contributed by atoms with Crippen LogP contribution in [0.3, 0.4) is 0 Å². The number of carbonyl (C=O) groups excluding carboxylic acids is 1. The van der Waals surface area contributed by atoms with E-state index in [1.807, 2.05) is 43.4 Å². The van der Waals surface area contributed by atoms with Gasteiger partial charge in [-0.2, -0.15) is 0 Å². The molecule has 2 heterocycles. The number of aromatic nitrogens is 1. The summed E-state index contributed by atoms with van der Waals surface area (Å²) in [4.78, 5) is 18.6. The zero-order valence-electron chi connectivity index (χ0n) is 12.1. The van der Waals surface area contributed by atoms with Crippen LogP contribution >= 0.6 is 0 Å². The number of anilines is 1. The number of nitrogens with one attached hydrogen (secondary N) is 1. The van der Waals surface area contributed by atoms with Crippen LogP contribution in [0.2, 0.25) is 0 Å². The van der Waals surface area contributed by atoms with E-state index in [0.29, 0.717) is 6.54 Å². The van der Waals surface area contributed by atoms with Gasteiger partial charge in [0.1, 0.15) is 0 Å². The first-order valence-corrected chi connectivity index (χ1v) is 7.22. The number of para-hydroxylation sites is 1. The Morgan fingerprint density at radius 1 is 1.33 bits per heavy atom. The first-order chi connectivity index (χ1) is 10.3. The number of amides is 1. The minimum atomic E-state index is -0.0517. The standard InChI is InChI=1S/C17H19N3O/c1-20(12-13-5-4-9-18-11-13)17(21)15-8-10-19-16-7-3-2-6-14(15)16/h2-7,9,11,15,19H,8,10,12H2,1H3. The highest BCUT2D eigenvalue weighted by Crippen LogP contribution is 2.32. The number of likely N-dealkylation sites (N-methyl/N-ethyl adjacent to an activating group) is 1. The molecule has 1 unspecified atom stereocenters. The average Bonchev–Trinajstić information content (AvgIpc) is 2.54. The van der Waals surface area contributed by atoms with Crippen LogP contribution in [0.15, 0.2) is 48.8 Å². The Morgan fingerprint density at radius 3 is 3.00 bits per heavy atom. The number of hydrogen-bond acceptors (Lipinski definition) is 3. The fourth-order valence-electron chi connectivity index (χ4n) is 2.83. The third-order valence-corrected chi connectivity index (χ3v) is 3.90. The van der Waals surface area contributed by atoms with Crippen LogP contribution in [-0.2, 0) is 11.3 Å². The van der Waals surface area contributed by atoms with E-state index in [4.69, 9.17) is 0 Å². The van der Waals surface area contributed by atoms with Crippen molar-refractivity contribution in [3.8, 4) is 0 Å². The van der Waals surface area contributed by atoms with Crippen molar-refractivity contribution < 1.29 is 4.79 Å². The summed E-state index contributed by atoms with van der Waals surface area (Å²) in [6, 6.07) is 12.0. The normalized spacial score (nSPS) is 16.7. The Balaban J connectivity index is 1.77. The second-order valence-electron chi connectivity index (χ2n) is 5.41. The summed E-state index contributed by atoms with van der Waals surface area (Å²) < 4.78 is 0. The molecule has 3 rings (SSSR count). The maximum atomic E-state index is 12.7. The summed E-state index contributed by atoms with van der Waals surface area (Å²) in [5.74, 6) is 0.122. The molecule has 0 saturated carbocycles. The van der Waals surface area contributed by atoms with E-state index < -0.39 is 0 Å². The summed E-state index contributed by atoms with van der Waals surface area (Å²) in [7, 11) is 1.86. The molecule has 1 aliphatic rings. The second-order valence-corrected chi connectivity index (χ2v) is 5.41. The minimum Gasteiger partial charge on any atom is -0.385 e. The molecule has 0 spiro atoms. The number of fused-ring (bicyclic) bond motifs is 1. The topological polar surface area (TPSA) is 45.2 Å². The smallest absolute Gasteiger partial charge is 0.230 e. The van der Waals surface area contributed by atoms with Gasteiger partial charge in [-0.05, 0) is 29.7 Å². The Kier molecular flexibility index (Phi) is 3.86. The molecule has 1 N–H and O–H groups in total. The molecule has 0 fully saturated rings. The third-order valence-electron chi connectivity index (χ3n) is 3.90. The van der Waals surface area contributed by atoms with Crippen LogP contribution in [0.1, 0.15) is 23.5 Å². The number of nitrogens with zero attached hydrogens (tertiary/aromatic N) is 2. The van der Waals surface area contributed by atoms with Crippen molar-refractivity contribution in [2.24, 2.45) is 0 Å². The number of hydrogen-bond donors (Lipinski definition) is 1. The highest BCUT2D eigenvalue weighted by atomic mass is 16.2. The molecular weight excluding hydrogens is 262 g/mol. The molecule has 21 heavy (non-hydrogen) atoms. The molecule has 0 radical (unpaired) electrons. The SMILES string of the molecule is CN(Cc1cccnc1)C(=O)C1CCNc2ccccc21. The fourth-order valence-corrected chi connectivity index (χ4v) is 2.83. The predicted octanol–water partition coefficient (Wildman–Crippen LogP) is 2.64. The highest BCUT2D eigenvalue weighted by molar-refractivity contribution is 5.86. The zero-order chi connectivity index (χ0) is 14.7. The lowest BCUT2D eigenvalue weighted by Gasteiger charge is -2.29. The number of carbonyl (C=O) groups is 1. The van der Waals surface area contributed by atoms with Crippen LogP contribution < -0.4 is 5.32 Å². The predicted molar refractivity (Wildman–Crippen MR) is 83.0 cm³/mol. The van der Waals surface area contributed by atoms with Gasteiger partial charge in [0.15, 0.2) is 0 Å². The largest absolute Gasteiger partial charge is 0.385 e. The van der Waals surface area contributed by atoms with E-state index in [2.05, 4.69) is 10.3 Å². The van der Waals surface area contributed by atoms with Crippen molar-refractivity contribution in [2.75, 3.05) is 18.9 Å². The molecule has 1 amide bonds. The molecule has 2 aromatic rings. The summed E-state index contributed by atoms with van der Waals surface area (Å²) in [6.07, 6.45) is 4.39. The molecule has 4 heteroatoms. The molecule has 1 atom stereocenters. The molecular formula is C17H19N3O. The van der Waals surface area contributed by atoms with Gasteiger partial charge in [-0.15, -0.1) is 0 Å². The van der Waals surface area contributed by atoms with Crippen molar-refractivity contribution in [3.05, 3.63) is 59.9 Å². The summed E-state index contributed by atoms with van der Waals surface area (Å²) in [5, 5.41) is 3.36. The first-order valence-electron chi connectivity index (χ1n) is 7.22. The Labute approximate surface area is 124 Å². The maximum absolute atomic E-state index is 12.7. The molecule has 0 aliphatic carbocycles. The second kappa shape index (κ2) is 5.95. The lowest BCUT2D eigenvalue weighted by atomic mass is 9.90. The lowest BCUT2D eigenvalue weighted by molar-refractivity contribution is -0.132. The van der Waals surface area contributed by atoms with Crippen LogP contribution in [0.4, 0.5) is 5.69 Å². The monoisotopic (exact) mass is 281 g/mol. The lowest BCUT2D eigenvalue weighted by Crippen LogP contribution is -2.34. The summed E-state index contributed by atoms with van der Waals surface area (Å²) in [6.45, 7) is 1.44. The van der Waals surface area contributed by atoms with Gasteiger partial charge in [0.05, 0.1) is 5.92 Å². The molecule has 0 saturated heterocycles. The average molecular weight is 281 g/mol. The van der Waals surface area contributed by atoms with Crippen LogP contribution in [-0.4, -0.2) is 29.4 Å². The van der Waals surface area contributed by atoms with E-state index >= 15 is 0 Å². The van der Waals surface area contributed by atoms with Gasteiger partial charge in [-0.25, -0.2) is 0 Å². The molecule has 1 aromatic carbocycles. The van der Waals surface area contributed by atoms with Gasteiger partial charge in [0.25, 0.3) is 0 Å². The molecule has 0 bridgehead atoms. The molecule has 1 aromatic heterocycles. The van der Waals surface area contributed by atoms with Crippen molar-refractivity contribution in [1.29, 1.82) is 0 Å². The van der Waals surface area contributed by atoms with Gasteiger partial charge < -0.3 is 10.2 Å². The van der Waals surface area contributed by atoms with Crippen LogP contribution in [0, 0.1) is 0 Å². The van der Waals surface area contributed by atoms with Crippen molar-refractivity contribution in [3.63, 3.8) is 0 Å². The van der Waals surface area contributed by atoms with Gasteiger partial charge in [-0.3, -0.25) is 9.78 Å². The van der Waals surface area contributed by atoms with Gasteiger partial charge in [0.2, 0.25) is 5.91 Å². The molecule has 4 nitrogen and oxygen atoms in total. The van der Waals surface area contributed by atoms with E-state index in [1.54, 1.807) is 17.3 Å². The van der Waals surface area contributed by atoms with E-state index in [0.717, 1.165) is 29.8 Å². The molecule has 108 valence electrons. The number of pyridine rings is 1. The first kappa shape index (κ1) is 13.6. The minimum absolute atomic E-state index is 0.0517. The van der Waals surface area contributed by atoms with E-state index in [-0.39, 0.29) is 11.8 Å². The number of rotatable bonds is 3. The molecule has 1 aliphatic heterocycles. The van der Waals surface area contributed by atoms with Crippen molar-refractivity contribution >= 4 is 11.6 Å². The Hall–Kier alpha value is -2.36. The van der Waals surface area contributed by atoms with Crippen molar-refractivity contribution in [1.82, 2.24) is 9.88 Å². The third kappa shape index (κ3) is 2.89. The van der Waals surface area contributed by atoms with E-state index in [9.17, 15) is 4.79 Å². The Bertz CT molecular complexity index is 627. The maximum Gasteiger partial charge on any atom is 0.230 e. The quantitative estimate of drug-likeness (QED) is 0.940. The van der Waals surface area contributed by atoms with E-state index in [1.165, 1.54) is 0 Å². The van der Waals surface area contributed by atoms with Crippen LogP contribution in [0.25, 0.3) is 0 Å². The summed E-state index contributed by atoms with van der Waals surface area (Å²) in [5.41, 5.74) is 3.24. The highest BCUT2D eigenvalue weighted by Gasteiger charge is 2.28. The van der Waals surface area contributed by atoms with Gasteiger partial charge in [-0.1, -0.05) is 24.3 Å².